The maximum atomic E-state index is 12.7. The molecule has 2 aromatic heterocycles. The molecule has 0 saturated carbocycles. The van der Waals surface area contributed by atoms with Crippen molar-refractivity contribution in [2.75, 3.05) is 44.8 Å². The molecule has 1 aliphatic heterocycles. The fourth-order valence-electron chi connectivity index (χ4n) is 4.54. The summed E-state index contributed by atoms with van der Waals surface area (Å²) >= 11 is 7.71. The smallest absolute Gasteiger partial charge is 0.260 e. The van der Waals surface area contributed by atoms with Crippen LogP contribution in [0.15, 0.2) is 24.3 Å². The SMILES string of the molecule is COCc1nc(N2CCN(C(=O)COc3ccc(Cl)cc3)CC2)c2c3c(sc2n1)CCCC3. The second kappa shape index (κ2) is 9.83. The van der Waals surface area contributed by atoms with Gasteiger partial charge in [-0.1, -0.05) is 11.6 Å². The largest absolute Gasteiger partial charge is 0.484 e. The Morgan fingerprint density at radius 3 is 2.61 bits per heavy atom. The maximum absolute atomic E-state index is 12.7. The van der Waals surface area contributed by atoms with Crippen LogP contribution in [0.5, 0.6) is 5.75 Å². The van der Waals surface area contributed by atoms with E-state index in [-0.39, 0.29) is 12.5 Å². The van der Waals surface area contributed by atoms with E-state index in [4.69, 9.17) is 31.0 Å². The van der Waals surface area contributed by atoms with Crippen molar-refractivity contribution < 1.29 is 14.3 Å². The molecule has 3 aromatic rings. The zero-order chi connectivity index (χ0) is 22.8. The van der Waals surface area contributed by atoms with Crippen LogP contribution in [0.4, 0.5) is 5.82 Å². The van der Waals surface area contributed by atoms with Gasteiger partial charge in [-0.25, -0.2) is 9.97 Å². The monoisotopic (exact) mass is 486 g/mol. The minimum atomic E-state index is -0.00887. The van der Waals surface area contributed by atoms with E-state index in [0.717, 1.165) is 36.6 Å². The van der Waals surface area contributed by atoms with Gasteiger partial charge in [-0.05, 0) is 55.5 Å². The van der Waals surface area contributed by atoms with Gasteiger partial charge in [-0.2, -0.15) is 0 Å². The molecule has 1 aromatic carbocycles. The fraction of sp³-hybridized carbons (Fsp3) is 0.458. The van der Waals surface area contributed by atoms with E-state index in [0.29, 0.717) is 36.3 Å². The van der Waals surface area contributed by atoms with Crippen LogP contribution in [0.25, 0.3) is 10.2 Å². The zero-order valence-corrected chi connectivity index (χ0v) is 20.3. The number of benzene rings is 1. The van der Waals surface area contributed by atoms with E-state index in [9.17, 15) is 4.79 Å². The van der Waals surface area contributed by atoms with Gasteiger partial charge < -0.3 is 19.3 Å². The average molecular weight is 487 g/mol. The highest BCUT2D eigenvalue weighted by molar-refractivity contribution is 7.19. The molecular weight excluding hydrogens is 460 g/mol. The van der Waals surface area contributed by atoms with Gasteiger partial charge in [-0.15, -0.1) is 11.3 Å². The zero-order valence-electron chi connectivity index (χ0n) is 18.7. The normalized spacial score (nSPS) is 16.2. The Morgan fingerprint density at radius 1 is 1.09 bits per heavy atom. The van der Waals surface area contributed by atoms with Crippen LogP contribution >= 0.6 is 22.9 Å². The number of methoxy groups -OCH3 is 1. The van der Waals surface area contributed by atoms with Crippen LogP contribution < -0.4 is 9.64 Å². The molecule has 33 heavy (non-hydrogen) atoms. The predicted octanol–water partition coefficient (Wildman–Crippen LogP) is 4.10. The predicted molar refractivity (Wildman–Crippen MR) is 131 cm³/mol. The number of carbonyl (C=O) groups excluding carboxylic acids is 1. The van der Waals surface area contributed by atoms with Crippen molar-refractivity contribution in [3.05, 3.63) is 45.6 Å². The first kappa shape index (κ1) is 22.4. The van der Waals surface area contributed by atoms with E-state index in [1.165, 1.54) is 28.7 Å². The minimum absolute atomic E-state index is 0.00887. The van der Waals surface area contributed by atoms with Crippen LogP contribution in [0, 0.1) is 0 Å². The first-order chi connectivity index (χ1) is 16.1. The molecule has 7 nitrogen and oxygen atoms in total. The molecular formula is C24H27ClN4O3S. The molecule has 0 spiro atoms. The molecule has 3 heterocycles. The number of halogens is 1. The number of thiophene rings is 1. The van der Waals surface area contributed by atoms with Crippen molar-refractivity contribution in [1.82, 2.24) is 14.9 Å². The number of aryl methyl sites for hydroxylation is 2. The summed E-state index contributed by atoms with van der Waals surface area (Å²) in [6, 6.07) is 7.05. The highest BCUT2D eigenvalue weighted by Gasteiger charge is 2.27. The summed E-state index contributed by atoms with van der Waals surface area (Å²) < 4.78 is 11.0. The average Bonchev–Trinajstić information content (AvgIpc) is 3.22. The number of piperazine rings is 1. The van der Waals surface area contributed by atoms with Crippen LogP contribution in [-0.4, -0.2) is 60.7 Å². The van der Waals surface area contributed by atoms with Gasteiger partial charge in [0.25, 0.3) is 5.91 Å². The van der Waals surface area contributed by atoms with Gasteiger partial charge in [0.1, 0.15) is 23.0 Å². The number of ether oxygens (including phenoxy) is 2. The molecule has 0 atom stereocenters. The summed E-state index contributed by atoms with van der Waals surface area (Å²) in [6.45, 7) is 3.16. The number of hydrogen-bond acceptors (Lipinski definition) is 7. The summed E-state index contributed by atoms with van der Waals surface area (Å²) in [7, 11) is 1.67. The van der Waals surface area contributed by atoms with Gasteiger partial charge >= 0.3 is 0 Å². The van der Waals surface area contributed by atoms with E-state index in [2.05, 4.69) is 4.90 Å². The lowest BCUT2D eigenvalue weighted by Crippen LogP contribution is -2.50. The molecule has 0 radical (unpaired) electrons. The Bertz CT molecular complexity index is 1140. The van der Waals surface area contributed by atoms with Crippen molar-refractivity contribution >= 4 is 44.9 Å². The van der Waals surface area contributed by atoms with Crippen molar-refractivity contribution in [3.8, 4) is 5.75 Å². The molecule has 174 valence electrons. The summed E-state index contributed by atoms with van der Waals surface area (Å²) in [4.78, 5) is 29.1. The number of carbonyl (C=O) groups is 1. The Kier molecular flexibility index (Phi) is 6.66. The van der Waals surface area contributed by atoms with E-state index in [1.807, 2.05) is 4.90 Å². The first-order valence-electron chi connectivity index (χ1n) is 11.3. The topological polar surface area (TPSA) is 67.8 Å². The number of amides is 1. The number of fused-ring (bicyclic) bond motifs is 3. The third-order valence-corrected chi connectivity index (χ3v) is 7.66. The molecule has 1 aliphatic carbocycles. The molecule has 0 bridgehead atoms. The number of nitrogens with zero attached hydrogens (tertiary/aromatic N) is 4. The Labute approximate surface area is 202 Å². The molecule has 5 rings (SSSR count). The number of hydrogen-bond donors (Lipinski definition) is 0. The van der Waals surface area contributed by atoms with Crippen molar-refractivity contribution in [2.45, 2.75) is 32.3 Å². The fourth-order valence-corrected chi connectivity index (χ4v) is 5.94. The van der Waals surface area contributed by atoms with Crippen LogP contribution in [0.1, 0.15) is 29.1 Å². The van der Waals surface area contributed by atoms with Gasteiger partial charge in [0.15, 0.2) is 12.4 Å². The lowest BCUT2D eigenvalue weighted by atomic mass is 9.97. The maximum Gasteiger partial charge on any atom is 0.260 e. The standard InChI is InChI=1S/C24H27ClN4O3S/c1-31-14-20-26-23(22-18-4-2-3-5-19(18)33-24(22)27-20)29-12-10-28(11-13-29)21(30)15-32-17-8-6-16(25)7-9-17/h6-9H,2-5,10-15H2,1H3. The molecule has 1 fully saturated rings. The molecule has 0 unspecified atom stereocenters. The summed E-state index contributed by atoms with van der Waals surface area (Å²) in [6.07, 6.45) is 4.68. The first-order valence-corrected chi connectivity index (χ1v) is 12.5. The van der Waals surface area contributed by atoms with Crippen LogP contribution in [0.3, 0.4) is 0 Å². The van der Waals surface area contributed by atoms with E-state index in [1.54, 1.807) is 42.7 Å². The summed E-state index contributed by atoms with van der Waals surface area (Å²) in [5.41, 5.74) is 1.43. The van der Waals surface area contributed by atoms with Crippen LogP contribution in [-0.2, 0) is 29.0 Å². The van der Waals surface area contributed by atoms with Crippen molar-refractivity contribution in [3.63, 3.8) is 0 Å². The van der Waals surface area contributed by atoms with Crippen LogP contribution in [0.2, 0.25) is 5.02 Å². The minimum Gasteiger partial charge on any atom is -0.484 e. The number of anilines is 1. The second-order valence-electron chi connectivity index (χ2n) is 8.40. The Morgan fingerprint density at radius 2 is 1.85 bits per heavy atom. The number of rotatable bonds is 6. The van der Waals surface area contributed by atoms with E-state index < -0.39 is 0 Å². The highest BCUT2D eigenvalue weighted by Crippen LogP contribution is 2.40. The van der Waals surface area contributed by atoms with Gasteiger partial charge in [0.05, 0.1) is 5.39 Å². The Hall–Kier alpha value is -2.42. The number of aromatic nitrogens is 2. The lowest BCUT2D eigenvalue weighted by molar-refractivity contribution is -0.133. The lowest BCUT2D eigenvalue weighted by Gasteiger charge is -2.36. The van der Waals surface area contributed by atoms with Crippen molar-refractivity contribution in [1.29, 1.82) is 0 Å². The summed E-state index contributed by atoms with van der Waals surface area (Å²) in [5.74, 6) is 2.34. The van der Waals surface area contributed by atoms with Gasteiger partial charge in [-0.3, -0.25) is 4.79 Å². The van der Waals surface area contributed by atoms with Gasteiger partial charge in [0.2, 0.25) is 0 Å². The summed E-state index contributed by atoms with van der Waals surface area (Å²) in [5, 5.41) is 1.85. The third kappa shape index (κ3) is 4.78. The second-order valence-corrected chi connectivity index (χ2v) is 9.92. The third-order valence-electron chi connectivity index (χ3n) is 6.22. The quantitative estimate of drug-likeness (QED) is 0.522. The van der Waals surface area contributed by atoms with Gasteiger partial charge in [0, 0.05) is 43.2 Å². The Balaban J connectivity index is 1.30. The van der Waals surface area contributed by atoms with E-state index >= 15 is 0 Å². The molecule has 1 saturated heterocycles. The van der Waals surface area contributed by atoms with Crippen molar-refractivity contribution in [2.24, 2.45) is 0 Å². The molecule has 0 N–H and O–H groups in total. The molecule has 2 aliphatic rings. The highest BCUT2D eigenvalue weighted by atomic mass is 35.5. The molecule has 1 amide bonds. The molecule has 9 heteroatoms.